The van der Waals surface area contributed by atoms with E-state index in [2.05, 4.69) is 4.98 Å². The number of nitrogens with one attached hydrogen (secondary N) is 1. The molecular weight excluding hydrogens is 234 g/mol. The summed E-state index contributed by atoms with van der Waals surface area (Å²) in [4.78, 5) is 4.02. The first kappa shape index (κ1) is 14.4. The third kappa shape index (κ3) is 5.60. The van der Waals surface area contributed by atoms with Crippen molar-refractivity contribution in [2.75, 3.05) is 33.5 Å². The average Bonchev–Trinajstić information content (AvgIpc) is 2.38. The minimum Gasteiger partial charge on any atom is -0.475 e. The Labute approximate surface area is 107 Å². The summed E-state index contributed by atoms with van der Waals surface area (Å²) in [5.74, 6) is 0.446. The lowest BCUT2D eigenvalue weighted by Gasteiger charge is -2.07. The van der Waals surface area contributed by atoms with Crippen LogP contribution in [0.4, 0.5) is 0 Å². The van der Waals surface area contributed by atoms with Gasteiger partial charge in [0.1, 0.15) is 12.4 Å². The van der Waals surface area contributed by atoms with Gasteiger partial charge >= 0.3 is 0 Å². The van der Waals surface area contributed by atoms with Gasteiger partial charge in [-0.1, -0.05) is 0 Å². The third-order valence-electron chi connectivity index (χ3n) is 2.16. The van der Waals surface area contributed by atoms with Gasteiger partial charge in [0.15, 0.2) is 0 Å². The van der Waals surface area contributed by atoms with E-state index in [1.54, 1.807) is 25.4 Å². The second kappa shape index (κ2) is 8.43. The molecule has 0 bridgehead atoms. The monoisotopic (exact) mass is 253 g/mol. The molecule has 0 atom stereocenters. The largest absolute Gasteiger partial charge is 0.475 e. The molecule has 0 aliphatic heterocycles. The van der Waals surface area contributed by atoms with Crippen molar-refractivity contribution in [2.24, 2.45) is 5.73 Å². The van der Waals surface area contributed by atoms with E-state index in [9.17, 15) is 0 Å². The number of nitrogens with zero attached hydrogens (tertiary/aromatic N) is 1. The number of pyridine rings is 1. The molecule has 3 N–H and O–H groups in total. The second-order valence-corrected chi connectivity index (χ2v) is 3.60. The van der Waals surface area contributed by atoms with Crippen LogP contribution in [0.25, 0.3) is 0 Å². The van der Waals surface area contributed by atoms with Crippen LogP contribution in [0.1, 0.15) is 12.0 Å². The lowest BCUT2D eigenvalue weighted by atomic mass is 10.2. The van der Waals surface area contributed by atoms with Crippen LogP contribution in [-0.4, -0.2) is 44.4 Å². The molecule has 1 rings (SSSR count). The molecule has 0 aromatic carbocycles. The molecule has 0 spiro atoms. The molecule has 6 heteroatoms. The van der Waals surface area contributed by atoms with Crippen molar-refractivity contribution >= 4 is 5.84 Å². The first-order valence-electron chi connectivity index (χ1n) is 5.74. The van der Waals surface area contributed by atoms with Crippen LogP contribution < -0.4 is 10.5 Å². The molecule has 0 saturated carbocycles. The molecule has 1 aromatic rings. The highest BCUT2D eigenvalue weighted by Gasteiger charge is 2.00. The predicted molar refractivity (Wildman–Crippen MR) is 68.1 cm³/mol. The van der Waals surface area contributed by atoms with E-state index in [1.807, 2.05) is 0 Å². The number of nitrogen functional groups attached to an aromatic ring is 1. The number of methoxy groups -OCH3 is 1. The van der Waals surface area contributed by atoms with Gasteiger partial charge in [0, 0.05) is 38.2 Å². The van der Waals surface area contributed by atoms with Gasteiger partial charge in [-0.05, 0) is 12.5 Å². The highest BCUT2D eigenvalue weighted by Crippen LogP contribution is 2.08. The summed E-state index contributed by atoms with van der Waals surface area (Å²) in [6.45, 7) is 2.26. The number of nitrogens with two attached hydrogens (primary N) is 1. The van der Waals surface area contributed by atoms with Gasteiger partial charge in [-0.25, -0.2) is 4.98 Å². The van der Waals surface area contributed by atoms with Gasteiger partial charge in [0.05, 0.1) is 6.61 Å². The van der Waals surface area contributed by atoms with Gasteiger partial charge in [0.2, 0.25) is 5.88 Å². The highest BCUT2D eigenvalue weighted by molar-refractivity contribution is 5.95. The van der Waals surface area contributed by atoms with Crippen molar-refractivity contribution < 1.29 is 14.2 Å². The Morgan fingerprint density at radius 2 is 2.17 bits per heavy atom. The molecular formula is C12H19N3O3. The molecule has 0 aliphatic carbocycles. The molecule has 0 radical (unpaired) electrons. The number of rotatable bonds is 9. The number of aromatic nitrogens is 1. The lowest BCUT2D eigenvalue weighted by Crippen LogP contribution is -2.12. The fraction of sp³-hybridized carbons (Fsp3) is 0.500. The molecule has 0 fully saturated rings. The van der Waals surface area contributed by atoms with Gasteiger partial charge in [-0.15, -0.1) is 0 Å². The van der Waals surface area contributed by atoms with Crippen molar-refractivity contribution in [1.82, 2.24) is 4.98 Å². The SMILES string of the molecule is COCCCOCCOc1cc(C(=N)N)ccn1. The van der Waals surface area contributed by atoms with Crippen molar-refractivity contribution in [3.05, 3.63) is 23.9 Å². The summed E-state index contributed by atoms with van der Waals surface area (Å²) >= 11 is 0. The average molecular weight is 253 g/mol. The maximum atomic E-state index is 7.30. The third-order valence-corrected chi connectivity index (χ3v) is 2.16. The van der Waals surface area contributed by atoms with Crippen molar-refractivity contribution in [1.29, 1.82) is 5.41 Å². The Kier molecular flexibility index (Phi) is 6.75. The Morgan fingerprint density at radius 3 is 2.89 bits per heavy atom. The smallest absolute Gasteiger partial charge is 0.213 e. The van der Waals surface area contributed by atoms with E-state index in [1.165, 1.54) is 0 Å². The zero-order valence-corrected chi connectivity index (χ0v) is 10.5. The molecule has 6 nitrogen and oxygen atoms in total. The summed E-state index contributed by atoms with van der Waals surface area (Å²) in [6, 6.07) is 3.30. The summed E-state index contributed by atoms with van der Waals surface area (Å²) in [5, 5.41) is 7.30. The highest BCUT2D eigenvalue weighted by atomic mass is 16.5. The fourth-order valence-electron chi connectivity index (χ4n) is 1.27. The standard InChI is InChI=1S/C12H19N3O3/c1-16-5-2-6-17-7-8-18-11-9-10(12(13)14)3-4-15-11/h3-4,9H,2,5-8H2,1H3,(H3,13,14). The first-order valence-corrected chi connectivity index (χ1v) is 5.74. The predicted octanol–water partition coefficient (Wildman–Crippen LogP) is 0.798. The van der Waals surface area contributed by atoms with Crippen LogP contribution in [0, 0.1) is 5.41 Å². The Balaban J connectivity index is 2.19. The number of hydrogen-bond acceptors (Lipinski definition) is 5. The van der Waals surface area contributed by atoms with Crippen LogP contribution in [0.15, 0.2) is 18.3 Å². The van der Waals surface area contributed by atoms with Gasteiger partial charge in [-0.3, -0.25) is 5.41 Å². The number of hydrogen-bond donors (Lipinski definition) is 2. The van der Waals surface area contributed by atoms with Crippen LogP contribution >= 0.6 is 0 Å². The van der Waals surface area contributed by atoms with Crippen molar-refractivity contribution in [2.45, 2.75) is 6.42 Å². The lowest BCUT2D eigenvalue weighted by molar-refractivity contribution is 0.0795. The van der Waals surface area contributed by atoms with Gasteiger partial charge in [0.25, 0.3) is 0 Å². The van der Waals surface area contributed by atoms with E-state index in [-0.39, 0.29) is 5.84 Å². The topological polar surface area (TPSA) is 90.5 Å². The first-order chi connectivity index (χ1) is 8.74. The molecule has 0 aliphatic rings. The summed E-state index contributed by atoms with van der Waals surface area (Å²) < 4.78 is 15.6. The summed E-state index contributed by atoms with van der Waals surface area (Å²) in [5.41, 5.74) is 5.97. The fourth-order valence-corrected chi connectivity index (χ4v) is 1.27. The van der Waals surface area contributed by atoms with Gasteiger partial charge in [-0.2, -0.15) is 0 Å². The zero-order chi connectivity index (χ0) is 13.2. The number of ether oxygens (including phenoxy) is 3. The Morgan fingerprint density at radius 1 is 1.33 bits per heavy atom. The molecule has 1 heterocycles. The van der Waals surface area contributed by atoms with Crippen LogP contribution in [-0.2, 0) is 9.47 Å². The van der Waals surface area contributed by atoms with E-state index in [4.69, 9.17) is 25.4 Å². The summed E-state index contributed by atoms with van der Waals surface area (Å²) in [6.07, 6.45) is 2.43. The van der Waals surface area contributed by atoms with E-state index < -0.39 is 0 Å². The van der Waals surface area contributed by atoms with Crippen LogP contribution in [0.3, 0.4) is 0 Å². The van der Waals surface area contributed by atoms with Crippen LogP contribution in [0.5, 0.6) is 5.88 Å². The van der Waals surface area contributed by atoms with Crippen molar-refractivity contribution in [3.8, 4) is 5.88 Å². The maximum Gasteiger partial charge on any atom is 0.213 e. The summed E-state index contributed by atoms with van der Waals surface area (Å²) in [7, 11) is 1.66. The Hall–Kier alpha value is -1.66. The zero-order valence-electron chi connectivity index (χ0n) is 10.5. The normalized spacial score (nSPS) is 10.3. The van der Waals surface area contributed by atoms with Gasteiger partial charge < -0.3 is 19.9 Å². The molecule has 100 valence electrons. The van der Waals surface area contributed by atoms with E-state index in [0.717, 1.165) is 6.42 Å². The molecule has 1 aromatic heterocycles. The molecule has 18 heavy (non-hydrogen) atoms. The Bertz CT molecular complexity index is 371. The van der Waals surface area contributed by atoms with E-state index >= 15 is 0 Å². The maximum absolute atomic E-state index is 7.30. The van der Waals surface area contributed by atoms with E-state index in [0.29, 0.717) is 37.9 Å². The molecule has 0 saturated heterocycles. The van der Waals surface area contributed by atoms with Crippen molar-refractivity contribution in [3.63, 3.8) is 0 Å². The van der Waals surface area contributed by atoms with Crippen LogP contribution in [0.2, 0.25) is 0 Å². The number of amidine groups is 1. The molecule has 0 unspecified atom stereocenters. The quantitative estimate of drug-likeness (QED) is 0.386. The molecule has 0 amide bonds. The second-order valence-electron chi connectivity index (χ2n) is 3.60. The minimum atomic E-state index is -0.00179. The minimum absolute atomic E-state index is 0.00179.